The van der Waals surface area contributed by atoms with Crippen molar-refractivity contribution in [2.45, 2.75) is 33.2 Å². The van der Waals surface area contributed by atoms with Gasteiger partial charge in [-0.15, -0.1) is 0 Å². The Hall–Kier alpha value is -2.36. The van der Waals surface area contributed by atoms with E-state index in [9.17, 15) is 0 Å². The van der Waals surface area contributed by atoms with E-state index in [1.54, 1.807) is 6.33 Å². The molecule has 108 valence electrons. The van der Waals surface area contributed by atoms with E-state index in [1.807, 2.05) is 10.6 Å². The Balaban J connectivity index is 1.88. The molecule has 3 rings (SSSR count). The zero-order valence-corrected chi connectivity index (χ0v) is 12.7. The molecule has 0 aliphatic carbocycles. The minimum Gasteiger partial charge on any atom is -0.363 e. The summed E-state index contributed by atoms with van der Waals surface area (Å²) in [5.41, 5.74) is 4.67. The second-order valence-corrected chi connectivity index (χ2v) is 5.41. The lowest BCUT2D eigenvalue weighted by atomic mass is 10.0. The van der Waals surface area contributed by atoms with Gasteiger partial charge in [0.15, 0.2) is 5.65 Å². The largest absolute Gasteiger partial charge is 0.363 e. The number of benzene rings is 1. The zero-order valence-electron chi connectivity index (χ0n) is 12.7. The fourth-order valence-electron chi connectivity index (χ4n) is 2.51. The molecule has 0 amide bonds. The molecule has 0 fully saturated rings. The lowest BCUT2D eigenvalue weighted by molar-refractivity contribution is 0.844. The van der Waals surface area contributed by atoms with Crippen LogP contribution in [0.25, 0.3) is 5.65 Å². The molecule has 3 aromatic rings. The molecule has 0 saturated heterocycles. The molecule has 1 unspecified atom stereocenters. The van der Waals surface area contributed by atoms with E-state index in [4.69, 9.17) is 0 Å². The van der Waals surface area contributed by atoms with E-state index < -0.39 is 0 Å². The predicted molar refractivity (Wildman–Crippen MR) is 85.6 cm³/mol. The molecule has 0 aliphatic heterocycles. The van der Waals surface area contributed by atoms with Crippen LogP contribution < -0.4 is 5.32 Å². The number of nitrogens with one attached hydrogen (secondary N) is 1. The van der Waals surface area contributed by atoms with E-state index in [-0.39, 0.29) is 6.04 Å². The Kier molecular flexibility index (Phi) is 3.60. The number of anilines is 1. The van der Waals surface area contributed by atoms with E-state index in [2.05, 4.69) is 66.5 Å². The fraction of sp³-hybridized carbons (Fsp3) is 0.294. The monoisotopic (exact) mass is 280 g/mol. The highest BCUT2D eigenvalue weighted by Crippen LogP contribution is 2.21. The van der Waals surface area contributed by atoms with Gasteiger partial charge in [-0.2, -0.15) is 9.61 Å². The Morgan fingerprint density at radius 2 is 1.95 bits per heavy atom. The summed E-state index contributed by atoms with van der Waals surface area (Å²) in [6, 6.07) is 13.1. The normalized spacial score (nSPS) is 12.5. The molecule has 1 atom stereocenters. The molecule has 0 spiro atoms. The van der Waals surface area contributed by atoms with Gasteiger partial charge in [0, 0.05) is 6.04 Å². The summed E-state index contributed by atoms with van der Waals surface area (Å²) in [5, 5.41) is 7.80. The number of fused-ring (bicyclic) bond motifs is 1. The third-order valence-electron chi connectivity index (χ3n) is 3.78. The van der Waals surface area contributed by atoms with E-state index in [1.165, 1.54) is 16.7 Å². The zero-order chi connectivity index (χ0) is 14.8. The van der Waals surface area contributed by atoms with Crippen LogP contribution in [-0.2, 0) is 6.42 Å². The molecule has 0 radical (unpaired) electrons. The molecule has 4 heteroatoms. The molecule has 0 aliphatic rings. The third-order valence-corrected chi connectivity index (χ3v) is 3.78. The van der Waals surface area contributed by atoms with Crippen LogP contribution in [0.3, 0.4) is 0 Å². The second-order valence-electron chi connectivity index (χ2n) is 5.41. The summed E-state index contributed by atoms with van der Waals surface area (Å²) in [5.74, 6) is 0.967. The lowest BCUT2D eigenvalue weighted by Crippen LogP contribution is -2.10. The number of nitrogens with zero attached hydrogens (tertiary/aromatic N) is 3. The van der Waals surface area contributed by atoms with Gasteiger partial charge >= 0.3 is 0 Å². The summed E-state index contributed by atoms with van der Waals surface area (Å²) in [6.45, 7) is 6.40. The van der Waals surface area contributed by atoms with Crippen LogP contribution in [-0.4, -0.2) is 14.6 Å². The Labute approximate surface area is 124 Å². The minimum atomic E-state index is 0.213. The van der Waals surface area contributed by atoms with E-state index in [0.29, 0.717) is 0 Å². The average molecular weight is 280 g/mol. The van der Waals surface area contributed by atoms with Crippen LogP contribution in [0.5, 0.6) is 0 Å². The topological polar surface area (TPSA) is 42.2 Å². The number of aromatic nitrogens is 3. The summed E-state index contributed by atoms with van der Waals surface area (Å²) in [4.78, 5) is 4.25. The predicted octanol–water partition coefficient (Wildman–Crippen LogP) is 3.77. The Morgan fingerprint density at radius 3 is 2.67 bits per heavy atom. The molecule has 2 heterocycles. The number of rotatable bonds is 4. The Bertz CT molecular complexity index is 743. The van der Waals surface area contributed by atoms with Gasteiger partial charge in [0.05, 0.1) is 0 Å². The van der Waals surface area contributed by atoms with Crippen LogP contribution in [0, 0.1) is 6.92 Å². The molecule has 0 saturated carbocycles. The summed E-state index contributed by atoms with van der Waals surface area (Å²) in [7, 11) is 0. The van der Waals surface area contributed by atoms with Gasteiger partial charge < -0.3 is 5.32 Å². The van der Waals surface area contributed by atoms with Gasteiger partial charge in [0.2, 0.25) is 0 Å². The number of hydrogen-bond donors (Lipinski definition) is 1. The van der Waals surface area contributed by atoms with Crippen molar-refractivity contribution in [3.8, 4) is 0 Å². The minimum absolute atomic E-state index is 0.213. The van der Waals surface area contributed by atoms with Crippen molar-refractivity contribution in [1.29, 1.82) is 0 Å². The van der Waals surface area contributed by atoms with Gasteiger partial charge in [-0.25, -0.2) is 4.98 Å². The van der Waals surface area contributed by atoms with Crippen molar-refractivity contribution >= 4 is 11.5 Å². The molecule has 1 aromatic carbocycles. The first kappa shape index (κ1) is 13.6. The summed E-state index contributed by atoms with van der Waals surface area (Å²) >= 11 is 0. The second kappa shape index (κ2) is 5.56. The smallest absolute Gasteiger partial charge is 0.157 e. The van der Waals surface area contributed by atoms with Crippen molar-refractivity contribution < 1.29 is 0 Å². The van der Waals surface area contributed by atoms with Crippen molar-refractivity contribution in [1.82, 2.24) is 14.6 Å². The maximum absolute atomic E-state index is 4.28. The molecule has 1 N–H and O–H groups in total. The first-order chi connectivity index (χ1) is 10.2. The maximum atomic E-state index is 4.28. The molecular formula is C17H20N4. The SMILES string of the molecule is CCc1ccc(C(C)Nc2cc(C)cc3ncnn23)cc1. The Morgan fingerprint density at radius 1 is 1.19 bits per heavy atom. The number of pyridine rings is 1. The summed E-state index contributed by atoms with van der Waals surface area (Å²) in [6.07, 6.45) is 2.65. The van der Waals surface area contributed by atoms with Crippen molar-refractivity contribution in [2.24, 2.45) is 0 Å². The van der Waals surface area contributed by atoms with Crippen LogP contribution in [0.1, 0.15) is 36.6 Å². The first-order valence-corrected chi connectivity index (χ1v) is 7.33. The molecule has 0 bridgehead atoms. The van der Waals surface area contributed by atoms with Gasteiger partial charge in [0.1, 0.15) is 12.1 Å². The van der Waals surface area contributed by atoms with E-state index >= 15 is 0 Å². The number of hydrogen-bond acceptors (Lipinski definition) is 3. The highest BCUT2D eigenvalue weighted by Gasteiger charge is 2.09. The average Bonchev–Trinajstić information content (AvgIpc) is 2.95. The van der Waals surface area contributed by atoms with Gasteiger partial charge in [0.25, 0.3) is 0 Å². The number of aryl methyl sites for hydroxylation is 2. The highest BCUT2D eigenvalue weighted by molar-refractivity contribution is 5.52. The van der Waals surface area contributed by atoms with Crippen LogP contribution in [0.2, 0.25) is 0 Å². The van der Waals surface area contributed by atoms with E-state index in [0.717, 1.165) is 17.9 Å². The molecule has 2 aromatic heterocycles. The maximum Gasteiger partial charge on any atom is 0.157 e. The van der Waals surface area contributed by atoms with Gasteiger partial charge in [-0.3, -0.25) is 0 Å². The third kappa shape index (κ3) is 2.75. The summed E-state index contributed by atoms with van der Waals surface area (Å²) < 4.78 is 1.84. The van der Waals surface area contributed by atoms with Crippen LogP contribution >= 0.6 is 0 Å². The van der Waals surface area contributed by atoms with Gasteiger partial charge in [-0.05, 0) is 49.1 Å². The quantitative estimate of drug-likeness (QED) is 0.791. The highest BCUT2D eigenvalue weighted by atomic mass is 15.3. The fourth-order valence-corrected chi connectivity index (χ4v) is 2.51. The molecular weight excluding hydrogens is 260 g/mol. The molecule has 21 heavy (non-hydrogen) atoms. The van der Waals surface area contributed by atoms with Crippen molar-refractivity contribution in [2.75, 3.05) is 5.32 Å². The van der Waals surface area contributed by atoms with Gasteiger partial charge in [-0.1, -0.05) is 31.2 Å². The lowest BCUT2D eigenvalue weighted by Gasteiger charge is -2.17. The first-order valence-electron chi connectivity index (χ1n) is 7.33. The standard InChI is InChI=1S/C17H20N4/c1-4-14-5-7-15(8-6-14)13(3)20-17-10-12(2)9-16-18-11-19-21(16)17/h5-11,13,20H,4H2,1-3H3. The van der Waals surface area contributed by atoms with Crippen LogP contribution in [0.4, 0.5) is 5.82 Å². The van der Waals surface area contributed by atoms with Crippen molar-refractivity contribution in [3.63, 3.8) is 0 Å². The molecule has 4 nitrogen and oxygen atoms in total. The van der Waals surface area contributed by atoms with Crippen molar-refractivity contribution in [3.05, 3.63) is 59.4 Å². The van der Waals surface area contributed by atoms with Crippen LogP contribution in [0.15, 0.2) is 42.7 Å².